The van der Waals surface area contributed by atoms with Gasteiger partial charge in [0, 0.05) is 29.6 Å². The molecule has 1 atom stereocenters. The Morgan fingerprint density at radius 2 is 2.09 bits per heavy atom. The number of benzene rings is 1. The van der Waals surface area contributed by atoms with Gasteiger partial charge < -0.3 is 16.0 Å². The van der Waals surface area contributed by atoms with Crippen molar-refractivity contribution in [2.45, 2.75) is 32.2 Å². The number of nitrogens with two attached hydrogens (primary N) is 1. The standard InChI is InChI=1S/C16H21N3O2.ClH/c1-2-3-6-11(10-17)18-16(21)13-9-15(20)19-14-8-5-4-7-12(13)14;/h4-5,7-9,11H,2-3,6,10,17H2,1H3,(H,18,21)(H,19,20);1H. The van der Waals surface area contributed by atoms with E-state index in [1.165, 1.54) is 6.07 Å². The maximum Gasteiger partial charge on any atom is 0.252 e. The van der Waals surface area contributed by atoms with Crippen LogP contribution in [0.2, 0.25) is 0 Å². The van der Waals surface area contributed by atoms with Crippen LogP contribution in [0.4, 0.5) is 0 Å². The van der Waals surface area contributed by atoms with Crippen LogP contribution in [0.1, 0.15) is 36.5 Å². The second kappa shape index (κ2) is 8.56. The number of carbonyl (C=O) groups excluding carboxylic acids is 1. The van der Waals surface area contributed by atoms with Crippen molar-refractivity contribution in [3.05, 3.63) is 46.2 Å². The van der Waals surface area contributed by atoms with Crippen molar-refractivity contribution < 1.29 is 4.79 Å². The maximum atomic E-state index is 12.4. The first-order valence-corrected chi connectivity index (χ1v) is 7.28. The van der Waals surface area contributed by atoms with Gasteiger partial charge in [-0.15, -0.1) is 12.4 Å². The fourth-order valence-electron chi connectivity index (χ4n) is 2.36. The van der Waals surface area contributed by atoms with Crippen LogP contribution in [0.3, 0.4) is 0 Å². The zero-order valence-electron chi connectivity index (χ0n) is 12.6. The summed E-state index contributed by atoms with van der Waals surface area (Å²) in [6.07, 6.45) is 2.92. The highest BCUT2D eigenvalue weighted by atomic mass is 35.5. The highest BCUT2D eigenvalue weighted by Gasteiger charge is 2.15. The van der Waals surface area contributed by atoms with Gasteiger partial charge >= 0.3 is 0 Å². The minimum atomic E-state index is -0.281. The third-order valence-electron chi connectivity index (χ3n) is 3.52. The normalized spacial score (nSPS) is 11.7. The van der Waals surface area contributed by atoms with Crippen LogP contribution >= 0.6 is 12.4 Å². The summed E-state index contributed by atoms with van der Waals surface area (Å²) in [6, 6.07) is 8.55. The molecule has 1 aromatic heterocycles. The summed E-state index contributed by atoms with van der Waals surface area (Å²) in [4.78, 5) is 26.8. The molecule has 0 fully saturated rings. The first kappa shape index (κ1) is 18.2. The molecule has 0 spiro atoms. The topological polar surface area (TPSA) is 88.0 Å². The monoisotopic (exact) mass is 323 g/mol. The Labute approximate surface area is 135 Å². The van der Waals surface area contributed by atoms with Crippen molar-refractivity contribution in [2.75, 3.05) is 6.54 Å². The number of aromatic nitrogens is 1. The van der Waals surface area contributed by atoms with E-state index in [-0.39, 0.29) is 29.9 Å². The molecular formula is C16H22ClN3O2. The SMILES string of the molecule is CCCCC(CN)NC(=O)c1cc(=O)[nH]c2ccccc12.Cl. The van der Waals surface area contributed by atoms with E-state index in [4.69, 9.17) is 5.73 Å². The second-order valence-corrected chi connectivity index (χ2v) is 5.14. The molecule has 0 bridgehead atoms. The summed E-state index contributed by atoms with van der Waals surface area (Å²) >= 11 is 0. The number of hydrogen-bond donors (Lipinski definition) is 3. The molecule has 0 saturated carbocycles. The average molecular weight is 324 g/mol. The molecule has 1 aromatic carbocycles. The average Bonchev–Trinajstić information content (AvgIpc) is 2.50. The number of aromatic amines is 1. The number of pyridine rings is 1. The van der Waals surface area contributed by atoms with Gasteiger partial charge in [0.05, 0.1) is 5.56 Å². The van der Waals surface area contributed by atoms with Crippen LogP contribution in [-0.2, 0) is 0 Å². The minimum Gasteiger partial charge on any atom is -0.348 e. The van der Waals surface area contributed by atoms with Gasteiger partial charge in [-0.3, -0.25) is 9.59 Å². The van der Waals surface area contributed by atoms with Crippen LogP contribution in [0.5, 0.6) is 0 Å². The van der Waals surface area contributed by atoms with E-state index in [1.54, 1.807) is 6.07 Å². The van der Waals surface area contributed by atoms with Gasteiger partial charge in [-0.2, -0.15) is 0 Å². The zero-order valence-corrected chi connectivity index (χ0v) is 13.4. The Bertz CT molecular complexity index is 684. The lowest BCUT2D eigenvalue weighted by Gasteiger charge is -2.17. The minimum absolute atomic E-state index is 0. The molecule has 4 N–H and O–H groups in total. The van der Waals surface area contributed by atoms with Crippen molar-refractivity contribution in [1.29, 1.82) is 0 Å². The molecule has 120 valence electrons. The van der Waals surface area contributed by atoms with E-state index >= 15 is 0 Å². The van der Waals surface area contributed by atoms with Gasteiger partial charge in [-0.1, -0.05) is 38.0 Å². The van der Waals surface area contributed by atoms with Crippen LogP contribution in [0, 0.1) is 0 Å². The Hall–Kier alpha value is -1.85. The van der Waals surface area contributed by atoms with Gasteiger partial charge in [0.1, 0.15) is 0 Å². The fourth-order valence-corrected chi connectivity index (χ4v) is 2.36. The fraction of sp³-hybridized carbons (Fsp3) is 0.375. The summed E-state index contributed by atoms with van der Waals surface area (Å²) in [5.41, 5.74) is 6.47. The molecule has 2 rings (SSSR count). The number of para-hydroxylation sites is 1. The molecular weight excluding hydrogens is 302 g/mol. The molecule has 0 aliphatic heterocycles. The molecule has 1 amide bonds. The number of nitrogens with one attached hydrogen (secondary N) is 2. The molecule has 0 aliphatic carbocycles. The van der Waals surface area contributed by atoms with Crippen LogP contribution < -0.4 is 16.6 Å². The first-order valence-electron chi connectivity index (χ1n) is 7.28. The van der Waals surface area contributed by atoms with Crippen molar-refractivity contribution in [2.24, 2.45) is 5.73 Å². The van der Waals surface area contributed by atoms with Gasteiger partial charge in [0.25, 0.3) is 5.91 Å². The predicted octanol–water partition coefficient (Wildman–Crippen LogP) is 2.20. The van der Waals surface area contributed by atoms with E-state index in [1.807, 2.05) is 18.2 Å². The van der Waals surface area contributed by atoms with E-state index in [9.17, 15) is 9.59 Å². The van der Waals surface area contributed by atoms with Gasteiger partial charge in [0.2, 0.25) is 5.56 Å². The zero-order chi connectivity index (χ0) is 15.2. The van der Waals surface area contributed by atoms with E-state index < -0.39 is 0 Å². The molecule has 6 heteroatoms. The van der Waals surface area contributed by atoms with Crippen molar-refractivity contribution >= 4 is 29.2 Å². The molecule has 5 nitrogen and oxygen atoms in total. The van der Waals surface area contributed by atoms with Crippen molar-refractivity contribution in [1.82, 2.24) is 10.3 Å². The molecule has 0 aliphatic rings. The third kappa shape index (κ3) is 4.32. The number of H-pyrrole nitrogens is 1. The quantitative estimate of drug-likeness (QED) is 0.761. The molecule has 1 unspecified atom stereocenters. The number of unbranched alkanes of at least 4 members (excludes halogenated alkanes) is 1. The Balaban J connectivity index is 0.00000242. The third-order valence-corrected chi connectivity index (χ3v) is 3.52. The lowest BCUT2D eigenvalue weighted by molar-refractivity contribution is 0.0937. The van der Waals surface area contributed by atoms with Gasteiger partial charge in [-0.05, 0) is 12.5 Å². The van der Waals surface area contributed by atoms with Crippen LogP contribution in [-0.4, -0.2) is 23.5 Å². The Kier molecular flexibility index (Phi) is 7.08. The van der Waals surface area contributed by atoms with Crippen LogP contribution in [0.15, 0.2) is 35.1 Å². The van der Waals surface area contributed by atoms with E-state index in [2.05, 4.69) is 17.2 Å². The summed E-state index contributed by atoms with van der Waals surface area (Å²) in [6.45, 7) is 2.49. The highest BCUT2D eigenvalue weighted by Crippen LogP contribution is 2.14. The Morgan fingerprint density at radius 3 is 2.77 bits per heavy atom. The molecule has 1 heterocycles. The smallest absolute Gasteiger partial charge is 0.252 e. The number of halogens is 1. The van der Waals surface area contributed by atoms with E-state index in [0.29, 0.717) is 17.6 Å². The maximum absolute atomic E-state index is 12.4. The second-order valence-electron chi connectivity index (χ2n) is 5.14. The van der Waals surface area contributed by atoms with Gasteiger partial charge in [0.15, 0.2) is 0 Å². The molecule has 22 heavy (non-hydrogen) atoms. The van der Waals surface area contributed by atoms with Crippen molar-refractivity contribution in [3.8, 4) is 0 Å². The largest absolute Gasteiger partial charge is 0.348 e. The number of hydrogen-bond acceptors (Lipinski definition) is 3. The molecule has 0 radical (unpaired) electrons. The lowest BCUT2D eigenvalue weighted by atomic mass is 10.1. The van der Waals surface area contributed by atoms with Gasteiger partial charge in [-0.25, -0.2) is 0 Å². The summed E-state index contributed by atoms with van der Waals surface area (Å²) in [5.74, 6) is -0.246. The van der Waals surface area contributed by atoms with Crippen molar-refractivity contribution in [3.63, 3.8) is 0 Å². The predicted molar refractivity (Wildman–Crippen MR) is 91.7 cm³/mol. The molecule has 2 aromatic rings. The summed E-state index contributed by atoms with van der Waals surface area (Å²) in [5, 5.41) is 3.66. The number of amides is 1. The number of rotatable bonds is 6. The summed E-state index contributed by atoms with van der Waals surface area (Å²) in [7, 11) is 0. The van der Waals surface area contributed by atoms with E-state index in [0.717, 1.165) is 24.6 Å². The first-order chi connectivity index (χ1) is 10.2. The Morgan fingerprint density at radius 1 is 1.36 bits per heavy atom. The van der Waals surface area contributed by atoms with Crippen LogP contribution in [0.25, 0.3) is 10.9 Å². The number of carbonyl (C=O) groups is 1. The molecule has 0 saturated heterocycles. The highest BCUT2D eigenvalue weighted by molar-refractivity contribution is 6.06. The number of fused-ring (bicyclic) bond motifs is 1. The summed E-state index contributed by atoms with van der Waals surface area (Å²) < 4.78 is 0. The lowest BCUT2D eigenvalue weighted by Crippen LogP contribution is -2.40.